The third-order valence-electron chi connectivity index (χ3n) is 2.88. The van der Waals surface area contributed by atoms with Crippen LogP contribution in [0.1, 0.15) is 29.0 Å². The van der Waals surface area contributed by atoms with Gasteiger partial charge in [-0.05, 0) is 19.4 Å². The topological polar surface area (TPSA) is 26.0 Å². The number of halogens is 2. The summed E-state index contributed by atoms with van der Waals surface area (Å²) in [5.74, 6) is -2.78. The van der Waals surface area contributed by atoms with Gasteiger partial charge in [-0.3, -0.25) is 0 Å². The number of rotatable bonds is 4. The molecule has 1 heterocycles. The van der Waals surface area contributed by atoms with Gasteiger partial charge in [0.2, 0.25) is 0 Å². The zero-order valence-corrected chi connectivity index (χ0v) is 10.9. The molecule has 1 aromatic heterocycles. The molecule has 0 aliphatic rings. The second-order valence-corrected chi connectivity index (χ2v) is 4.42. The van der Waals surface area contributed by atoms with E-state index >= 15 is 0 Å². The summed E-state index contributed by atoms with van der Waals surface area (Å²) in [6.45, 7) is 3.03. The summed E-state index contributed by atoms with van der Waals surface area (Å²) in [5, 5.41) is 3.57. The molecule has 0 saturated heterocycles. The first-order valence-corrected chi connectivity index (χ1v) is 6.03. The minimum Gasteiger partial charge on any atom is -0.361 e. The standard InChI is InChI=1S/C15H15F2NO/c1-11-14(12(2)19-18-11)15(16,17)10-6-9-13-7-4-3-5-8-13/h3-9H,10H2,1-2H3/b9-6+. The van der Waals surface area contributed by atoms with E-state index < -0.39 is 5.92 Å². The third kappa shape index (κ3) is 3.08. The lowest BCUT2D eigenvalue weighted by Crippen LogP contribution is -2.14. The van der Waals surface area contributed by atoms with E-state index in [1.807, 2.05) is 30.3 Å². The van der Waals surface area contributed by atoms with E-state index in [9.17, 15) is 8.78 Å². The largest absolute Gasteiger partial charge is 0.361 e. The fourth-order valence-corrected chi connectivity index (χ4v) is 2.01. The number of alkyl halides is 2. The lowest BCUT2D eigenvalue weighted by atomic mass is 10.0. The minimum absolute atomic E-state index is 0.106. The SMILES string of the molecule is Cc1noc(C)c1C(F)(F)C/C=C/c1ccccc1. The number of aromatic nitrogens is 1. The second-order valence-electron chi connectivity index (χ2n) is 4.42. The maximum absolute atomic E-state index is 14.1. The van der Waals surface area contributed by atoms with Crippen LogP contribution in [0, 0.1) is 13.8 Å². The van der Waals surface area contributed by atoms with Crippen molar-refractivity contribution in [3.8, 4) is 0 Å². The van der Waals surface area contributed by atoms with Crippen molar-refractivity contribution in [1.29, 1.82) is 0 Å². The maximum atomic E-state index is 14.1. The molecule has 0 bridgehead atoms. The van der Waals surface area contributed by atoms with Crippen molar-refractivity contribution >= 4 is 6.08 Å². The van der Waals surface area contributed by atoms with Crippen LogP contribution in [0.5, 0.6) is 0 Å². The van der Waals surface area contributed by atoms with Crippen LogP contribution in [0.3, 0.4) is 0 Å². The molecule has 0 N–H and O–H groups in total. The van der Waals surface area contributed by atoms with Crippen molar-refractivity contribution in [2.45, 2.75) is 26.2 Å². The molecule has 0 saturated carbocycles. The highest BCUT2D eigenvalue weighted by molar-refractivity contribution is 5.48. The van der Waals surface area contributed by atoms with Crippen LogP contribution in [-0.2, 0) is 5.92 Å². The monoisotopic (exact) mass is 263 g/mol. The molecule has 0 spiro atoms. The summed E-state index contributed by atoms with van der Waals surface area (Å²) in [7, 11) is 0. The smallest absolute Gasteiger partial charge is 0.281 e. The van der Waals surface area contributed by atoms with Gasteiger partial charge in [-0.25, -0.2) is 8.78 Å². The fraction of sp³-hybridized carbons (Fsp3) is 0.267. The summed E-state index contributed by atoms with van der Waals surface area (Å²) >= 11 is 0. The zero-order valence-electron chi connectivity index (χ0n) is 10.9. The molecule has 0 atom stereocenters. The van der Waals surface area contributed by atoms with Gasteiger partial charge in [-0.15, -0.1) is 0 Å². The lowest BCUT2D eigenvalue weighted by molar-refractivity contribution is -0.00267. The van der Waals surface area contributed by atoms with Gasteiger partial charge >= 0.3 is 0 Å². The zero-order chi connectivity index (χ0) is 13.9. The van der Waals surface area contributed by atoms with Crippen molar-refractivity contribution in [2.75, 3.05) is 0 Å². The molecule has 0 amide bonds. The summed E-state index contributed by atoms with van der Waals surface area (Å²) < 4.78 is 32.9. The Kier molecular flexibility index (Phi) is 3.79. The van der Waals surface area contributed by atoms with Crippen LogP contribution in [0.4, 0.5) is 8.78 Å². The minimum atomic E-state index is -2.96. The Morgan fingerprint density at radius 2 is 1.89 bits per heavy atom. The molecule has 2 nitrogen and oxygen atoms in total. The number of hydrogen-bond acceptors (Lipinski definition) is 2. The summed E-state index contributed by atoms with van der Waals surface area (Å²) in [6, 6.07) is 9.35. The molecule has 0 unspecified atom stereocenters. The first-order valence-electron chi connectivity index (χ1n) is 6.03. The highest BCUT2D eigenvalue weighted by Crippen LogP contribution is 2.36. The molecule has 0 aliphatic carbocycles. The number of aryl methyl sites for hydroxylation is 2. The molecule has 0 fully saturated rings. The number of nitrogens with zero attached hydrogens (tertiary/aromatic N) is 1. The van der Waals surface area contributed by atoms with Gasteiger partial charge in [0.25, 0.3) is 5.92 Å². The van der Waals surface area contributed by atoms with Crippen molar-refractivity contribution in [1.82, 2.24) is 5.16 Å². The van der Waals surface area contributed by atoms with Crippen LogP contribution < -0.4 is 0 Å². The molecule has 2 rings (SSSR count). The van der Waals surface area contributed by atoms with E-state index in [0.717, 1.165) is 5.56 Å². The Labute approximate surface area is 110 Å². The molecule has 19 heavy (non-hydrogen) atoms. The summed E-state index contributed by atoms with van der Waals surface area (Å²) in [5.41, 5.74) is 1.04. The molecule has 0 aliphatic heterocycles. The van der Waals surface area contributed by atoms with Crippen LogP contribution >= 0.6 is 0 Å². The Morgan fingerprint density at radius 3 is 2.47 bits per heavy atom. The van der Waals surface area contributed by atoms with Gasteiger partial charge in [-0.2, -0.15) is 0 Å². The maximum Gasteiger partial charge on any atom is 0.281 e. The predicted molar refractivity (Wildman–Crippen MR) is 70.0 cm³/mol. The van der Waals surface area contributed by atoms with Gasteiger partial charge < -0.3 is 4.52 Å². The first-order chi connectivity index (χ1) is 9.00. The van der Waals surface area contributed by atoms with E-state index in [2.05, 4.69) is 5.16 Å². The lowest BCUT2D eigenvalue weighted by Gasteiger charge is -2.13. The van der Waals surface area contributed by atoms with Crippen molar-refractivity contribution in [3.63, 3.8) is 0 Å². The van der Waals surface area contributed by atoms with E-state index in [1.165, 1.54) is 19.9 Å². The average Bonchev–Trinajstić information content (AvgIpc) is 2.70. The Bertz CT molecular complexity index is 554. The van der Waals surface area contributed by atoms with Crippen molar-refractivity contribution in [3.05, 3.63) is 59.0 Å². The van der Waals surface area contributed by atoms with Crippen LogP contribution in [0.15, 0.2) is 40.9 Å². The van der Waals surface area contributed by atoms with Gasteiger partial charge in [0, 0.05) is 6.42 Å². The van der Waals surface area contributed by atoms with Gasteiger partial charge in [0.05, 0.1) is 11.3 Å². The molecule has 0 radical (unpaired) electrons. The number of benzene rings is 1. The third-order valence-corrected chi connectivity index (χ3v) is 2.88. The molecule has 4 heteroatoms. The summed E-state index contributed by atoms with van der Waals surface area (Å²) in [6.07, 6.45) is 2.79. The normalized spacial score (nSPS) is 12.2. The van der Waals surface area contributed by atoms with E-state index in [-0.39, 0.29) is 23.4 Å². The van der Waals surface area contributed by atoms with Gasteiger partial charge in [0.1, 0.15) is 5.76 Å². The quantitative estimate of drug-likeness (QED) is 0.812. The Morgan fingerprint density at radius 1 is 1.21 bits per heavy atom. The van der Waals surface area contributed by atoms with E-state index in [4.69, 9.17) is 4.52 Å². The molecular weight excluding hydrogens is 248 g/mol. The second kappa shape index (κ2) is 5.34. The van der Waals surface area contributed by atoms with Gasteiger partial charge in [0.15, 0.2) is 0 Å². The molecule has 2 aromatic rings. The first kappa shape index (κ1) is 13.5. The van der Waals surface area contributed by atoms with Crippen molar-refractivity contribution < 1.29 is 13.3 Å². The highest BCUT2D eigenvalue weighted by Gasteiger charge is 2.36. The molecular formula is C15H15F2NO. The van der Waals surface area contributed by atoms with Crippen LogP contribution in [0.2, 0.25) is 0 Å². The number of hydrogen-bond donors (Lipinski definition) is 0. The predicted octanol–water partition coefficient (Wildman–Crippen LogP) is 4.49. The average molecular weight is 263 g/mol. The number of allylic oxidation sites excluding steroid dienone is 1. The molecule has 1 aromatic carbocycles. The highest BCUT2D eigenvalue weighted by atomic mass is 19.3. The Balaban J connectivity index is 2.12. The van der Waals surface area contributed by atoms with Crippen LogP contribution in [-0.4, -0.2) is 5.16 Å². The molecule has 100 valence electrons. The Hall–Kier alpha value is -1.97. The summed E-state index contributed by atoms with van der Waals surface area (Å²) in [4.78, 5) is 0. The van der Waals surface area contributed by atoms with E-state index in [1.54, 1.807) is 6.08 Å². The van der Waals surface area contributed by atoms with Gasteiger partial charge in [-0.1, -0.05) is 47.6 Å². The van der Waals surface area contributed by atoms with E-state index in [0.29, 0.717) is 0 Å². The van der Waals surface area contributed by atoms with Crippen molar-refractivity contribution in [2.24, 2.45) is 0 Å². The fourth-order valence-electron chi connectivity index (χ4n) is 2.01. The van der Waals surface area contributed by atoms with Crippen LogP contribution in [0.25, 0.3) is 6.08 Å².